The van der Waals surface area contributed by atoms with E-state index >= 15 is 0 Å². The van der Waals surface area contributed by atoms with Crippen molar-refractivity contribution in [2.45, 2.75) is 0 Å². The first-order valence-electron chi connectivity index (χ1n) is 7.99. The molecule has 0 spiro atoms. The van der Waals surface area contributed by atoms with Gasteiger partial charge in [0.25, 0.3) is 11.6 Å². The molecule has 27 heavy (non-hydrogen) atoms. The number of amides is 1. The number of nitrogens with zero attached hydrogens (tertiary/aromatic N) is 3. The predicted octanol–water partition coefficient (Wildman–Crippen LogP) is 4.05. The first-order valence-corrected chi connectivity index (χ1v) is 7.99. The topological polar surface area (TPSA) is 111 Å². The smallest absolute Gasteiger partial charge is 0.322 e. The largest absolute Gasteiger partial charge is 0.403 e. The molecule has 0 saturated carbocycles. The molecule has 1 heterocycles. The lowest BCUT2D eigenvalue weighted by Crippen LogP contribution is -2.12. The third-order valence-electron chi connectivity index (χ3n) is 4.00. The summed E-state index contributed by atoms with van der Waals surface area (Å²) in [6, 6.07) is 18.6. The Bertz CT molecular complexity index is 1150. The molecule has 0 saturated heterocycles. The maximum atomic E-state index is 12.6. The second kappa shape index (κ2) is 6.68. The zero-order chi connectivity index (χ0) is 18.8. The van der Waals surface area contributed by atoms with Gasteiger partial charge in [0.15, 0.2) is 0 Å². The molecule has 0 fully saturated rings. The molecule has 132 valence electrons. The lowest BCUT2D eigenvalue weighted by Gasteiger charge is -2.05. The van der Waals surface area contributed by atoms with Gasteiger partial charge in [0.1, 0.15) is 0 Å². The lowest BCUT2D eigenvalue weighted by molar-refractivity contribution is -0.384. The van der Waals surface area contributed by atoms with Crippen LogP contribution in [0.4, 0.5) is 11.7 Å². The van der Waals surface area contributed by atoms with E-state index < -0.39 is 4.92 Å². The zero-order valence-electron chi connectivity index (χ0n) is 13.8. The highest BCUT2D eigenvalue weighted by molar-refractivity contribution is 6.12. The van der Waals surface area contributed by atoms with Crippen LogP contribution in [0, 0.1) is 10.1 Å². The summed E-state index contributed by atoms with van der Waals surface area (Å²) in [4.78, 5) is 22.8. The lowest BCUT2D eigenvalue weighted by atomic mass is 10.0. The van der Waals surface area contributed by atoms with Crippen LogP contribution < -0.4 is 5.32 Å². The van der Waals surface area contributed by atoms with Crippen molar-refractivity contribution in [3.8, 4) is 11.5 Å². The molecule has 0 bridgehead atoms. The molecule has 1 amide bonds. The average Bonchev–Trinajstić information content (AvgIpc) is 3.16. The van der Waals surface area contributed by atoms with E-state index in [1.807, 2.05) is 30.3 Å². The number of hydrogen-bond donors (Lipinski definition) is 1. The van der Waals surface area contributed by atoms with Crippen LogP contribution in [0.15, 0.2) is 71.1 Å². The van der Waals surface area contributed by atoms with Crippen LogP contribution in [0.25, 0.3) is 22.2 Å². The third kappa shape index (κ3) is 3.23. The van der Waals surface area contributed by atoms with E-state index in [2.05, 4.69) is 15.5 Å². The maximum Gasteiger partial charge on any atom is 0.322 e. The molecule has 8 nitrogen and oxygen atoms in total. The number of nitrogens with one attached hydrogen (secondary N) is 1. The average molecular weight is 360 g/mol. The molecule has 8 heteroatoms. The Labute approximate surface area is 152 Å². The summed E-state index contributed by atoms with van der Waals surface area (Å²) >= 11 is 0. The maximum absolute atomic E-state index is 12.6. The fraction of sp³-hybridized carbons (Fsp3) is 0. The number of anilines is 1. The highest BCUT2D eigenvalue weighted by Crippen LogP contribution is 2.24. The minimum absolute atomic E-state index is 0.0391. The van der Waals surface area contributed by atoms with Gasteiger partial charge < -0.3 is 4.42 Å². The number of nitro benzene ring substituents is 1. The molecule has 4 rings (SSSR count). The quantitative estimate of drug-likeness (QED) is 0.434. The number of hydrogen-bond acceptors (Lipinski definition) is 6. The van der Waals surface area contributed by atoms with E-state index in [1.165, 1.54) is 24.3 Å². The molecule has 3 aromatic carbocycles. The number of nitro groups is 1. The first-order chi connectivity index (χ1) is 13.1. The number of carbonyl (C=O) groups excluding carboxylic acids is 1. The van der Waals surface area contributed by atoms with E-state index in [0.717, 1.165) is 10.8 Å². The third-order valence-corrected chi connectivity index (χ3v) is 4.00. The number of benzene rings is 3. The van der Waals surface area contributed by atoms with Crippen LogP contribution in [0.1, 0.15) is 10.4 Å². The Morgan fingerprint density at radius 1 is 0.963 bits per heavy atom. The molecular weight excluding hydrogens is 348 g/mol. The Hall–Kier alpha value is -4.07. The molecule has 0 atom stereocenters. The molecule has 1 N–H and O–H groups in total. The molecule has 0 aliphatic heterocycles. The van der Waals surface area contributed by atoms with Crippen molar-refractivity contribution in [3.05, 3.63) is 82.4 Å². The number of aromatic nitrogens is 2. The number of fused-ring (bicyclic) bond motifs is 1. The number of carbonyl (C=O) groups is 1. The second-order valence-electron chi connectivity index (χ2n) is 5.70. The zero-order valence-corrected chi connectivity index (χ0v) is 13.8. The molecule has 0 radical (unpaired) electrons. The SMILES string of the molecule is O=C(Nc1nnc(-c2ccc([N+](=O)[O-])cc2)o1)c1cccc2ccccc12. The van der Waals surface area contributed by atoms with Gasteiger partial charge in [0.2, 0.25) is 5.89 Å². The van der Waals surface area contributed by atoms with Gasteiger partial charge in [-0.3, -0.25) is 20.2 Å². The van der Waals surface area contributed by atoms with Crippen molar-refractivity contribution in [2.75, 3.05) is 5.32 Å². The second-order valence-corrected chi connectivity index (χ2v) is 5.70. The Morgan fingerprint density at radius 2 is 1.70 bits per heavy atom. The Balaban J connectivity index is 1.57. The van der Waals surface area contributed by atoms with Crippen molar-refractivity contribution in [2.24, 2.45) is 0 Å². The van der Waals surface area contributed by atoms with Crippen LogP contribution in [0.2, 0.25) is 0 Å². The summed E-state index contributed by atoms with van der Waals surface area (Å²) in [5.41, 5.74) is 0.963. The van der Waals surface area contributed by atoms with E-state index in [-0.39, 0.29) is 23.5 Å². The molecule has 0 unspecified atom stereocenters. The van der Waals surface area contributed by atoms with Crippen molar-refractivity contribution < 1.29 is 14.1 Å². The van der Waals surface area contributed by atoms with Crippen molar-refractivity contribution in [1.82, 2.24) is 10.2 Å². The highest BCUT2D eigenvalue weighted by Gasteiger charge is 2.15. The van der Waals surface area contributed by atoms with Crippen molar-refractivity contribution >= 4 is 28.4 Å². The van der Waals surface area contributed by atoms with E-state index in [4.69, 9.17) is 4.42 Å². The Morgan fingerprint density at radius 3 is 2.48 bits per heavy atom. The van der Waals surface area contributed by atoms with E-state index in [1.54, 1.807) is 12.1 Å². The monoisotopic (exact) mass is 360 g/mol. The first kappa shape index (κ1) is 16.4. The Kier molecular flexibility index (Phi) is 4.06. The van der Waals surface area contributed by atoms with Gasteiger partial charge in [0, 0.05) is 23.3 Å². The molecular formula is C19H12N4O4. The summed E-state index contributed by atoms with van der Waals surface area (Å²) in [7, 11) is 0. The highest BCUT2D eigenvalue weighted by atomic mass is 16.6. The van der Waals surface area contributed by atoms with Gasteiger partial charge >= 0.3 is 6.01 Å². The number of rotatable bonds is 4. The molecule has 0 aliphatic rings. The molecule has 4 aromatic rings. The van der Waals surface area contributed by atoms with Gasteiger partial charge in [-0.2, -0.15) is 0 Å². The van der Waals surface area contributed by atoms with Gasteiger partial charge in [-0.1, -0.05) is 41.5 Å². The van der Waals surface area contributed by atoms with Gasteiger partial charge in [-0.25, -0.2) is 0 Å². The predicted molar refractivity (Wildman–Crippen MR) is 98.3 cm³/mol. The summed E-state index contributed by atoms with van der Waals surface area (Å²) < 4.78 is 5.45. The number of non-ortho nitro benzene ring substituents is 1. The van der Waals surface area contributed by atoms with Gasteiger partial charge in [0.05, 0.1) is 4.92 Å². The van der Waals surface area contributed by atoms with Crippen LogP contribution in [0.3, 0.4) is 0 Å². The summed E-state index contributed by atoms with van der Waals surface area (Å²) in [6.07, 6.45) is 0. The summed E-state index contributed by atoms with van der Waals surface area (Å²) in [5.74, 6) is -0.219. The summed E-state index contributed by atoms with van der Waals surface area (Å²) in [6.45, 7) is 0. The minimum atomic E-state index is -0.493. The summed E-state index contributed by atoms with van der Waals surface area (Å²) in [5, 5.41) is 22.7. The standard InChI is InChI=1S/C19H12N4O4/c24-17(16-7-3-5-12-4-1-2-6-15(12)16)20-19-22-21-18(27-19)13-8-10-14(11-9-13)23(25)26/h1-11H,(H,20,22,24). The van der Waals surface area contributed by atoms with Crippen molar-refractivity contribution in [1.29, 1.82) is 0 Å². The van der Waals surface area contributed by atoms with Crippen LogP contribution >= 0.6 is 0 Å². The van der Waals surface area contributed by atoms with Gasteiger partial charge in [-0.05, 0) is 29.0 Å². The minimum Gasteiger partial charge on any atom is -0.403 e. The van der Waals surface area contributed by atoms with Crippen LogP contribution in [-0.2, 0) is 0 Å². The van der Waals surface area contributed by atoms with Crippen LogP contribution in [0.5, 0.6) is 0 Å². The van der Waals surface area contributed by atoms with Crippen LogP contribution in [-0.4, -0.2) is 21.0 Å². The normalized spacial score (nSPS) is 10.7. The van der Waals surface area contributed by atoms with E-state index in [9.17, 15) is 14.9 Å². The molecule has 0 aliphatic carbocycles. The van der Waals surface area contributed by atoms with E-state index in [0.29, 0.717) is 11.1 Å². The fourth-order valence-corrected chi connectivity index (χ4v) is 2.70. The fourth-order valence-electron chi connectivity index (χ4n) is 2.70. The van der Waals surface area contributed by atoms with Gasteiger partial charge in [-0.15, -0.1) is 5.10 Å². The van der Waals surface area contributed by atoms with Crippen molar-refractivity contribution in [3.63, 3.8) is 0 Å². The molecule has 1 aromatic heterocycles.